The van der Waals surface area contributed by atoms with Crippen LogP contribution in [-0.4, -0.2) is 25.5 Å². The van der Waals surface area contributed by atoms with Crippen molar-refractivity contribution in [3.8, 4) is 0 Å². The van der Waals surface area contributed by atoms with Crippen LogP contribution < -0.4 is 0 Å². The Morgan fingerprint density at radius 3 is 2.65 bits per heavy atom. The van der Waals surface area contributed by atoms with Gasteiger partial charge >= 0.3 is 0 Å². The highest BCUT2D eigenvalue weighted by molar-refractivity contribution is 9.10. The highest BCUT2D eigenvalue weighted by Gasteiger charge is 2.12. The SMILES string of the molecule is CS(=O)(=O)CCCC(O)c1ccc(Br)cc1Cl. The van der Waals surface area contributed by atoms with Gasteiger partial charge in [0.15, 0.2) is 0 Å². The molecule has 1 rings (SSSR count). The zero-order chi connectivity index (χ0) is 13.1. The number of rotatable bonds is 5. The molecule has 0 aliphatic heterocycles. The van der Waals surface area contributed by atoms with E-state index < -0.39 is 15.9 Å². The maximum atomic E-state index is 10.9. The van der Waals surface area contributed by atoms with Crippen LogP contribution in [0.3, 0.4) is 0 Å². The Labute approximate surface area is 115 Å². The lowest BCUT2D eigenvalue weighted by Gasteiger charge is -2.12. The molecule has 17 heavy (non-hydrogen) atoms. The fourth-order valence-electron chi connectivity index (χ4n) is 1.47. The van der Waals surface area contributed by atoms with Crippen molar-refractivity contribution in [2.75, 3.05) is 12.0 Å². The molecule has 3 nitrogen and oxygen atoms in total. The van der Waals surface area contributed by atoms with Crippen molar-refractivity contribution < 1.29 is 13.5 Å². The predicted molar refractivity (Wildman–Crippen MR) is 73.1 cm³/mol. The Hall–Kier alpha value is -0.100. The summed E-state index contributed by atoms with van der Waals surface area (Å²) >= 11 is 9.26. The van der Waals surface area contributed by atoms with Crippen molar-refractivity contribution in [3.05, 3.63) is 33.3 Å². The van der Waals surface area contributed by atoms with Gasteiger partial charge in [-0.3, -0.25) is 0 Å². The Morgan fingerprint density at radius 1 is 1.47 bits per heavy atom. The van der Waals surface area contributed by atoms with E-state index in [0.717, 1.165) is 4.47 Å². The average molecular weight is 342 g/mol. The second-order valence-electron chi connectivity index (χ2n) is 3.95. The second kappa shape index (κ2) is 6.18. The first-order valence-corrected chi connectivity index (χ1v) is 8.33. The molecular weight excluding hydrogens is 328 g/mol. The lowest BCUT2D eigenvalue weighted by molar-refractivity contribution is 0.167. The van der Waals surface area contributed by atoms with Crippen LogP contribution >= 0.6 is 27.5 Å². The summed E-state index contributed by atoms with van der Waals surface area (Å²) in [6, 6.07) is 5.23. The Bertz CT molecular complexity index is 487. The van der Waals surface area contributed by atoms with Gasteiger partial charge in [-0.25, -0.2) is 8.42 Å². The molecule has 1 atom stereocenters. The number of aliphatic hydroxyl groups is 1. The highest BCUT2D eigenvalue weighted by atomic mass is 79.9. The molecule has 0 aliphatic carbocycles. The van der Waals surface area contributed by atoms with Gasteiger partial charge in [0.2, 0.25) is 0 Å². The molecule has 1 N–H and O–H groups in total. The Balaban J connectivity index is 2.61. The molecule has 96 valence electrons. The summed E-state index contributed by atoms with van der Waals surface area (Å²) in [5, 5.41) is 10.4. The smallest absolute Gasteiger partial charge is 0.147 e. The van der Waals surface area contributed by atoms with Gasteiger partial charge in [-0.05, 0) is 30.5 Å². The molecule has 1 unspecified atom stereocenters. The van der Waals surface area contributed by atoms with E-state index in [1.54, 1.807) is 18.2 Å². The molecule has 0 spiro atoms. The van der Waals surface area contributed by atoms with Crippen molar-refractivity contribution in [2.24, 2.45) is 0 Å². The average Bonchev–Trinajstić information content (AvgIpc) is 2.15. The molecule has 0 fully saturated rings. The molecule has 0 radical (unpaired) electrons. The van der Waals surface area contributed by atoms with E-state index in [0.29, 0.717) is 23.4 Å². The summed E-state index contributed by atoms with van der Waals surface area (Å²) in [5.41, 5.74) is 0.628. The first-order valence-electron chi connectivity index (χ1n) is 5.10. The molecule has 0 bridgehead atoms. The Morgan fingerprint density at radius 2 is 2.12 bits per heavy atom. The highest BCUT2D eigenvalue weighted by Crippen LogP contribution is 2.28. The molecule has 0 saturated heterocycles. The van der Waals surface area contributed by atoms with Crippen LogP contribution in [0, 0.1) is 0 Å². The van der Waals surface area contributed by atoms with E-state index in [1.165, 1.54) is 6.26 Å². The second-order valence-corrected chi connectivity index (χ2v) is 7.54. The van der Waals surface area contributed by atoms with E-state index in [1.807, 2.05) is 0 Å². The van der Waals surface area contributed by atoms with Gasteiger partial charge in [0.1, 0.15) is 9.84 Å². The van der Waals surface area contributed by atoms with Gasteiger partial charge in [0, 0.05) is 21.5 Å². The van der Waals surface area contributed by atoms with Crippen LogP contribution in [0.5, 0.6) is 0 Å². The van der Waals surface area contributed by atoms with Crippen molar-refractivity contribution in [2.45, 2.75) is 18.9 Å². The minimum absolute atomic E-state index is 0.0816. The fraction of sp³-hybridized carbons (Fsp3) is 0.455. The molecular formula is C11H14BrClO3S. The van der Waals surface area contributed by atoms with Gasteiger partial charge in [-0.15, -0.1) is 0 Å². The molecule has 6 heteroatoms. The first-order chi connectivity index (χ1) is 7.79. The van der Waals surface area contributed by atoms with Gasteiger partial charge in [-0.2, -0.15) is 0 Å². The number of sulfone groups is 1. The largest absolute Gasteiger partial charge is 0.388 e. The van der Waals surface area contributed by atoms with Crippen molar-refractivity contribution >= 4 is 37.4 Å². The number of aliphatic hydroxyl groups excluding tert-OH is 1. The summed E-state index contributed by atoms with van der Waals surface area (Å²) in [7, 11) is -2.97. The fourth-order valence-corrected chi connectivity index (χ4v) is 2.96. The van der Waals surface area contributed by atoms with E-state index in [4.69, 9.17) is 11.6 Å². The van der Waals surface area contributed by atoms with E-state index in [2.05, 4.69) is 15.9 Å². The van der Waals surface area contributed by atoms with Crippen LogP contribution in [0.1, 0.15) is 24.5 Å². The summed E-state index contributed by atoms with van der Waals surface area (Å²) in [5.74, 6) is 0.0816. The number of halogens is 2. The number of hydrogen-bond acceptors (Lipinski definition) is 3. The third-order valence-corrected chi connectivity index (χ3v) is 4.17. The van der Waals surface area contributed by atoms with Gasteiger partial charge in [0.05, 0.1) is 6.10 Å². The van der Waals surface area contributed by atoms with E-state index >= 15 is 0 Å². The monoisotopic (exact) mass is 340 g/mol. The Kier molecular flexibility index (Phi) is 5.44. The minimum atomic E-state index is -2.97. The molecule has 1 aromatic rings. The van der Waals surface area contributed by atoms with Crippen LogP contribution in [0.2, 0.25) is 5.02 Å². The van der Waals surface area contributed by atoms with Gasteiger partial charge < -0.3 is 5.11 Å². The first kappa shape index (κ1) is 15.0. The standard InChI is InChI=1S/C11H14BrClO3S/c1-17(15,16)6-2-3-11(14)9-5-4-8(12)7-10(9)13/h4-5,7,11,14H,2-3,6H2,1H3. The van der Waals surface area contributed by atoms with Crippen molar-refractivity contribution in [1.82, 2.24) is 0 Å². The molecule has 0 heterocycles. The molecule has 0 aliphatic rings. The molecule has 1 aromatic carbocycles. The quantitative estimate of drug-likeness (QED) is 0.896. The summed E-state index contributed by atoms with van der Waals surface area (Å²) in [6.45, 7) is 0. The van der Waals surface area contributed by atoms with Crippen LogP contribution in [0.25, 0.3) is 0 Å². The van der Waals surface area contributed by atoms with Crippen LogP contribution in [-0.2, 0) is 9.84 Å². The van der Waals surface area contributed by atoms with Crippen LogP contribution in [0.4, 0.5) is 0 Å². The maximum Gasteiger partial charge on any atom is 0.147 e. The summed E-state index contributed by atoms with van der Waals surface area (Å²) in [4.78, 5) is 0. The normalized spacial score (nSPS) is 13.6. The third kappa shape index (κ3) is 5.38. The lowest BCUT2D eigenvalue weighted by Crippen LogP contribution is -2.06. The lowest BCUT2D eigenvalue weighted by atomic mass is 10.1. The zero-order valence-electron chi connectivity index (χ0n) is 9.36. The van der Waals surface area contributed by atoms with Crippen LogP contribution in [0.15, 0.2) is 22.7 Å². The van der Waals surface area contributed by atoms with E-state index in [9.17, 15) is 13.5 Å². The summed E-state index contributed by atoms with van der Waals surface area (Å²) in [6.07, 6.45) is 1.27. The third-order valence-electron chi connectivity index (χ3n) is 2.31. The maximum absolute atomic E-state index is 10.9. The number of hydrogen-bond donors (Lipinski definition) is 1. The van der Waals surface area contributed by atoms with Crippen molar-refractivity contribution in [1.29, 1.82) is 0 Å². The molecule has 0 amide bonds. The van der Waals surface area contributed by atoms with Crippen molar-refractivity contribution in [3.63, 3.8) is 0 Å². The molecule has 0 saturated carbocycles. The number of benzene rings is 1. The molecule has 0 aromatic heterocycles. The predicted octanol–water partition coefficient (Wildman–Crippen LogP) is 2.96. The summed E-state index contributed by atoms with van der Waals surface area (Å²) < 4.78 is 22.7. The van der Waals surface area contributed by atoms with E-state index in [-0.39, 0.29) is 5.75 Å². The topological polar surface area (TPSA) is 54.4 Å². The van der Waals surface area contributed by atoms with Gasteiger partial charge in [-0.1, -0.05) is 33.6 Å². The van der Waals surface area contributed by atoms with Gasteiger partial charge in [0.25, 0.3) is 0 Å². The zero-order valence-corrected chi connectivity index (χ0v) is 12.5. The minimum Gasteiger partial charge on any atom is -0.388 e.